The molecule has 0 N–H and O–H groups in total. The second kappa shape index (κ2) is 8.41. The molecule has 2 heterocycles. The first kappa shape index (κ1) is 18.5. The molecule has 5 heteroatoms. The number of likely N-dealkylation sites (tertiary alicyclic amines) is 1. The van der Waals surface area contributed by atoms with Crippen LogP contribution in [0.2, 0.25) is 0 Å². The fourth-order valence-electron chi connectivity index (χ4n) is 3.16. The largest absolute Gasteiger partial charge is 0.373 e. The Balaban J connectivity index is 1.53. The summed E-state index contributed by atoms with van der Waals surface area (Å²) in [5.41, 5.74) is 2.55. The van der Waals surface area contributed by atoms with E-state index in [0.717, 1.165) is 24.4 Å². The van der Waals surface area contributed by atoms with Gasteiger partial charge in [-0.2, -0.15) is 0 Å². The number of aryl methyl sites for hydroxylation is 1. The van der Waals surface area contributed by atoms with Gasteiger partial charge in [-0.1, -0.05) is 44.2 Å². The number of hydrogen-bond acceptors (Lipinski definition) is 4. The van der Waals surface area contributed by atoms with Crippen LogP contribution in [0.5, 0.6) is 0 Å². The molecule has 2 aromatic rings. The van der Waals surface area contributed by atoms with Crippen molar-refractivity contribution in [1.29, 1.82) is 0 Å². The van der Waals surface area contributed by atoms with Crippen LogP contribution in [-0.4, -0.2) is 40.0 Å². The number of ether oxygens (including phenoxy) is 1. The number of amides is 1. The van der Waals surface area contributed by atoms with Crippen molar-refractivity contribution >= 4 is 5.91 Å². The van der Waals surface area contributed by atoms with Crippen LogP contribution >= 0.6 is 0 Å². The summed E-state index contributed by atoms with van der Waals surface area (Å²) in [7, 11) is 0. The van der Waals surface area contributed by atoms with Gasteiger partial charge in [0.25, 0.3) is 5.91 Å². The van der Waals surface area contributed by atoms with Gasteiger partial charge in [0.2, 0.25) is 0 Å². The van der Waals surface area contributed by atoms with E-state index in [0.29, 0.717) is 25.3 Å². The van der Waals surface area contributed by atoms with E-state index in [2.05, 4.69) is 35.9 Å². The Morgan fingerprint density at radius 3 is 2.54 bits per heavy atom. The Bertz CT molecular complexity index is 738. The highest BCUT2D eigenvalue weighted by atomic mass is 16.5. The van der Waals surface area contributed by atoms with Crippen LogP contribution in [-0.2, 0) is 11.3 Å². The van der Waals surface area contributed by atoms with E-state index in [1.165, 1.54) is 5.56 Å². The second-order valence-electron chi connectivity index (χ2n) is 7.17. The van der Waals surface area contributed by atoms with Crippen LogP contribution in [0.25, 0.3) is 0 Å². The zero-order valence-electron chi connectivity index (χ0n) is 15.8. The van der Waals surface area contributed by atoms with Crippen LogP contribution in [0.1, 0.15) is 60.0 Å². The lowest BCUT2D eigenvalue weighted by Crippen LogP contribution is -2.41. The number of benzene rings is 1. The molecule has 0 bridgehead atoms. The molecule has 0 atom stereocenters. The summed E-state index contributed by atoms with van der Waals surface area (Å²) in [5.74, 6) is 1.07. The van der Waals surface area contributed by atoms with Crippen molar-refractivity contribution in [2.75, 3.05) is 13.1 Å². The van der Waals surface area contributed by atoms with E-state index < -0.39 is 0 Å². The lowest BCUT2D eigenvalue weighted by atomic mass is 10.1. The van der Waals surface area contributed by atoms with Crippen molar-refractivity contribution in [3.63, 3.8) is 0 Å². The maximum Gasteiger partial charge on any atom is 0.257 e. The van der Waals surface area contributed by atoms with Gasteiger partial charge in [0.15, 0.2) is 0 Å². The molecule has 0 spiro atoms. The molecule has 138 valence electrons. The van der Waals surface area contributed by atoms with Gasteiger partial charge in [-0.15, -0.1) is 0 Å². The highest BCUT2D eigenvalue weighted by Gasteiger charge is 2.25. The standard InChI is InChI=1S/C21H27N3O2/c1-15(2)20-22-13-19(16(3)23-20)21(25)24-11-9-18(10-12-24)26-14-17-7-5-4-6-8-17/h4-8,13,15,18H,9-12,14H2,1-3H3. The molecule has 1 amide bonds. The first-order chi connectivity index (χ1) is 12.5. The van der Waals surface area contributed by atoms with Gasteiger partial charge < -0.3 is 9.64 Å². The van der Waals surface area contributed by atoms with Crippen LogP contribution in [0.4, 0.5) is 0 Å². The lowest BCUT2D eigenvalue weighted by molar-refractivity contribution is -0.000414. The number of carbonyl (C=O) groups excluding carboxylic acids is 1. The highest BCUT2D eigenvalue weighted by molar-refractivity contribution is 5.95. The predicted octanol–water partition coefficient (Wildman–Crippen LogP) is 3.73. The first-order valence-corrected chi connectivity index (χ1v) is 9.33. The molecular weight excluding hydrogens is 326 g/mol. The molecule has 1 fully saturated rings. The van der Waals surface area contributed by atoms with E-state index in [9.17, 15) is 4.79 Å². The number of nitrogens with zero attached hydrogens (tertiary/aromatic N) is 3. The second-order valence-corrected chi connectivity index (χ2v) is 7.17. The number of rotatable bonds is 5. The van der Waals surface area contributed by atoms with E-state index in [1.54, 1.807) is 6.20 Å². The quantitative estimate of drug-likeness (QED) is 0.822. The molecule has 0 radical (unpaired) electrons. The van der Waals surface area contributed by atoms with E-state index >= 15 is 0 Å². The Labute approximate surface area is 155 Å². The summed E-state index contributed by atoms with van der Waals surface area (Å²) in [6.07, 6.45) is 3.61. The third-order valence-corrected chi connectivity index (χ3v) is 4.80. The maximum absolute atomic E-state index is 12.8. The zero-order valence-corrected chi connectivity index (χ0v) is 15.8. The van der Waals surface area contributed by atoms with Crippen LogP contribution in [0.3, 0.4) is 0 Å². The van der Waals surface area contributed by atoms with Crippen molar-refractivity contribution in [3.05, 3.63) is 59.2 Å². The predicted molar refractivity (Wildman–Crippen MR) is 101 cm³/mol. The minimum Gasteiger partial charge on any atom is -0.373 e. The molecule has 0 unspecified atom stereocenters. The minimum absolute atomic E-state index is 0.0271. The Morgan fingerprint density at radius 2 is 1.92 bits per heavy atom. The zero-order chi connectivity index (χ0) is 18.5. The van der Waals surface area contributed by atoms with Gasteiger partial charge in [0, 0.05) is 25.2 Å². The minimum atomic E-state index is 0.0271. The first-order valence-electron chi connectivity index (χ1n) is 9.33. The molecule has 0 aliphatic carbocycles. The molecule has 1 aromatic heterocycles. The molecule has 1 aromatic carbocycles. The van der Waals surface area contributed by atoms with Gasteiger partial charge >= 0.3 is 0 Å². The van der Waals surface area contributed by atoms with Crippen molar-refractivity contribution in [3.8, 4) is 0 Å². The van der Waals surface area contributed by atoms with E-state index in [1.807, 2.05) is 30.0 Å². The van der Waals surface area contributed by atoms with Gasteiger partial charge in [-0.05, 0) is 25.3 Å². The Kier molecular flexibility index (Phi) is 5.99. The number of hydrogen-bond donors (Lipinski definition) is 0. The fraction of sp³-hybridized carbons (Fsp3) is 0.476. The molecule has 1 saturated heterocycles. The van der Waals surface area contributed by atoms with Crippen LogP contribution in [0.15, 0.2) is 36.5 Å². The van der Waals surface area contributed by atoms with Crippen LogP contribution in [0, 0.1) is 6.92 Å². The third kappa shape index (κ3) is 4.47. The molecule has 26 heavy (non-hydrogen) atoms. The van der Waals surface area contributed by atoms with Gasteiger partial charge in [0.1, 0.15) is 5.82 Å². The number of carbonyl (C=O) groups is 1. The monoisotopic (exact) mass is 353 g/mol. The van der Waals surface area contributed by atoms with Crippen molar-refractivity contribution in [1.82, 2.24) is 14.9 Å². The lowest BCUT2D eigenvalue weighted by Gasteiger charge is -2.32. The average Bonchev–Trinajstić information content (AvgIpc) is 2.67. The average molecular weight is 353 g/mol. The van der Waals surface area contributed by atoms with Crippen molar-refractivity contribution < 1.29 is 9.53 Å². The summed E-state index contributed by atoms with van der Waals surface area (Å²) in [4.78, 5) is 23.5. The Morgan fingerprint density at radius 1 is 1.23 bits per heavy atom. The summed E-state index contributed by atoms with van der Waals surface area (Å²) >= 11 is 0. The molecule has 5 nitrogen and oxygen atoms in total. The van der Waals surface area contributed by atoms with Gasteiger partial charge in [-0.25, -0.2) is 9.97 Å². The van der Waals surface area contributed by atoms with E-state index in [4.69, 9.17) is 4.74 Å². The molecule has 3 rings (SSSR count). The summed E-state index contributed by atoms with van der Waals surface area (Å²) in [6, 6.07) is 10.2. The molecule has 1 aliphatic heterocycles. The van der Waals surface area contributed by atoms with E-state index in [-0.39, 0.29) is 17.9 Å². The Hall–Kier alpha value is -2.27. The van der Waals surface area contributed by atoms with Crippen molar-refractivity contribution in [2.45, 2.75) is 52.2 Å². The van der Waals surface area contributed by atoms with Crippen molar-refractivity contribution in [2.24, 2.45) is 0 Å². The maximum atomic E-state index is 12.8. The van der Waals surface area contributed by atoms with Gasteiger partial charge in [0.05, 0.1) is 24.0 Å². The summed E-state index contributed by atoms with van der Waals surface area (Å²) in [6.45, 7) is 8.04. The molecule has 0 saturated carbocycles. The smallest absolute Gasteiger partial charge is 0.257 e. The normalized spacial score (nSPS) is 15.5. The summed E-state index contributed by atoms with van der Waals surface area (Å²) < 4.78 is 6.01. The van der Waals surface area contributed by atoms with Gasteiger partial charge in [-0.3, -0.25) is 4.79 Å². The third-order valence-electron chi connectivity index (χ3n) is 4.80. The SMILES string of the molecule is Cc1nc(C(C)C)ncc1C(=O)N1CCC(OCc2ccccc2)CC1. The number of aromatic nitrogens is 2. The molecule has 1 aliphatic rings. The number of piperidine rings is 1. The highest BCUT2D eigenvalue weighted by Crippen LogP contribution is 2.19. The summed E-state index contributed by atoms with van der Waals surface area (Å²) in [5, 5.41) is 0. The fourth-order valence-corrected chi connectivity index (χ4v) is 3.16. The molecular formula is C21H27N3O2. The topological polar surface area (TPSA) is 55.3 Å². The van der Waals surface area contributed by atoms with Crippen LogP contribution < -0.4 is 0 Å².